The second kappa shape index (κ2) is 5.35. The monoisotopic (exact) mass is 170 g/mol. The van der Waals surface area contributed by atoms with E-state index in [1.165, 1.54) is 0 Å². The highest BCUT2D eigenvalue weighted by Gasteiger charge is 1.99. The van der Waals surface area contributed by atoms with Crippen LogP contribution in [0.3, 0.4) is 0 Å². The van der Waals surface area contributed by atoms with Crippen molar-refractivity contribution in [2.24, 2.45) is 5.10 Å². The van der Waals surface area contributed by atoms with Gasteiger partial charge in [-0.3, -0.25) is 0 Å². The molecule has 0 heterocycles. The van der Waals surface area contributed by atoms with Crippen LogP contribution in [0, 0.1) is 0 Å². The van der Waals surface area contributed by atoms with Crippen molar-refractivity contribution in [1.82, 2.24) is 5.43 Å². The second-order valence-electron chi connectivity index (χ2n) is 2.46. The van der Waals surface area contributed by atoms with Crippen LogP contribution >= 0.6 is 0 Å². The molecule has 0 aliphatic carbocycles. The Morgan fingerprint density at radius 2 is 2.00 bits per heavy atom. The summed E-state index contributed by atoms with van der Waals surface area (Å²) >= 11 is 0. The lowest BCUT2D eigenvalue weighted by molar-refractivity contribution is 0.176. The van der Waals surface area contributed by atoms with E-state index >= 15 is 0 Å². The Balaban J connectivity index is 3.84. The van der Waals surface area contributed by atoms with Gasteiger partial charge in [0, 0.05) is 5.71 Å². The Labute approximate surface area is 72.3 Å². The summed E-state index contributed by atoms with van der Waals surface area (Å²) in [5.74, 6) is 0.552. The molecule has 1 N–H and O–H groups in total. The lowest BCUT2D eigenvalue weighted by Crippen LogP contribution is -2.18. The van der Waals surface area contributed by atoms with Gasteiger partial charge in [-0.2, -0.15) is 5.10 Å². The van der Waals surface area contributed by atoms with Gasteiger partial charge in [0.25, 0.3) is 0 Å². The van der Waals surface area contributed by atoms with Crippen LogP contribution in [-0.4, -0.2) is 11.8 Å². The minimum Gasteiger partial charge on any atom is -0.414 e. The molecule has 0 atom stereocenters. The number of carbonyl (C=O) groups is 1. The molecule has 0 aromatic heterocycles. The van der Waals surface area contributed by atoms with E-state index in [9.17, 15) is 4.79 Å². The fourth-order valence-corrected chi connectivity index (χ4v) is 0.385. The maximum absolute atomic E-state index is 10.8. The third kappa shape index (κ3) is 5.46. The lowest BCUT2D eigenvalue weighted by atomic mass is 10.5. The van der Waals surface area contributed by atoms with Crippen LogP contribution in [-0.2, 0) is 4.74 Å². The predicted molar refractivity (Wildman–Crippen MR) is 47.8 cm³/mol. The summed E-state index contributed by atoms with van der Waals surface area (Å²) in [4.78, 5) is 10.8. The van der Waals surface area contributed by atoms with Crippen LogP contribution in [0.15, 0.2) is 16.9 Å². The molecule has 4 heteroatoms. The number of carbonyl (C=O) groups excluding carboxylic acids is 1. The van der Waals surface area contributed by atoms with Gasteiger partial charge in [0.05, 0.1) is 0 Å². The second-order valence-corrected chi connectivity index (χ2v) is 2.46. The molecule has 4 nitrogen and oxygen atoms in total. The number of rotatable bonds is 2. The first-order valence-corrected chi connectivity index (χ1v) is 3.68. The summed E-state index contributed by atoms with van der Waals surface area (Å²) in [6.45, 7) is 7.05. The van der Waals surface area contributed by atoms with Gasteiger partial charge in [0.15, 0.2) is 0 Å². The van der Waals surface area contributed by atoms with Gasteiger partial charge in [-0.25, -0.2) is 10.2 Å². The summed E-state index contributed by atoms with van der Waals surface area (Å²) in [6, 6.07) is 0. The minimum absolute atomic E-state index is 0.552. The number of hydrazone groups is 1. The number of hydrogen-bond donors (Lipinski definition) is 1. The highest BCUT2D eigenvalue weighted by atomic mass is 16.6. The Morgan fingerprint density at radius 1 is 1.42 bits per heavy atom. The van der Waals surface area contributed by atoms with Gasteiger partial charge >= 0.3 is 6.09 Å². The zero-order valence-electron chi connectivity index (χ0n) is 7.84. The van der Waals surface area contributed by atoms with E-state index in [1.807, 2.05) is 0 Å². The van der Waals surface area contributed by atoms with Gasteiger partial charge in [-0.15, -0.1) is 0 Å². The Kier molecular flexibility index (Phi) is 4.76. The van der Waals surface area contributed by atoms with E-state index < -0.39 is 6.09 Å². The Bertz CT molecular complexity index is 215. The van der Waals surface area contributed by atoms with Crippen molar-refractivity contribution in [1.29, 1.82) is 0 Å². The molecule has 0 radical (unpaired) electrons. The average molecular weight is 170 g/mol. The van der Waals surface area contributed by atoms with Crippen LogP contribution in [0.2, 0.25) is 0 Å². The highest BCUT2D eigenvalue weighted by molar-refractivity contribution is 5.80. The molecule has 0 aromatic rings. The Hall–Kier alpha value is -1.32. The van der Waals surface area contributed by atoms with Crippen molar-refractivity contribution in [2.45, 2.75) is 27.7 Å². The highest BCUT2D eigenvalue weighted by Crippen LogP contribution is 1.94. The number of allylic oxidation sites excluding steroid dienone is 2. The molecular weight excluding hydrogens is 156 g/mol. The van der Waals surface area contributed by atoms with E-state index in [4.69, 9.17) is 4.74 Å². The van der Waals surface area contributed by atoms with E-state index in [1.54, 1.807) is 33.8 Å². The van der Waals surface area contributed by atoms with Gasteiger partial charge < -0.3 is 4.74 Å². The molecule has 1 amide bonds. The van der Waals surface area contributed by atoms with Gasteiger partial charge in [-0.1, -0.05) is 0 Å². The maximum atomic E-state index is 10.8. The van der Waals surface area contributed by atoms with Crippen molar-refractivity contribution in [2.75, 3.05) is 0 Å². The van der Waals surface area contributed by atoms with Gasteiger partial charge in [-0.05, 0) is 33.8 Å². The van der Waals surface area contributed by atoms with Crippen molar-refractivity contribution >= 4 is 11.8 Å². The smallest absolute Gasteiger partial charge is 0.414 e. The largest absolute Gasteiger partial charge is 0.432 e. The zero-order chi connectivity index (χ0) is 9.56. The lowest BCUT2D eigenvalue weighted by Gasteiger charge is -2.01. The summed E-state index contributed by atoms with van der Waals surface area (Å²) in [6.07, 6.45) is 1.13. The fraction of sp³-hybridized carbons (Fsp3) is 0.500. The molecule has 0 unspecified atom stereocenters. The van der Waals surface area contributed by atoms with Crippen LogP contribution in [0.5, 0.6) is 0 Å². The number of amides is 1. The molecule has 0 saturated carbocycles. The van der Waals surface area contributed by atoms with Gasteiger partial charge in [0.1, 0.15) is 5.76 Å². The first-order chi connectivity index (χ1) is 5.56. The summed E-state index contributed by atoms with van der Waals surface area (Å²) in [7, 11) is 0. The zero-order valence-corrected chi connectivity index (χ0v) is 7.84. The number of ether oxygens (including phenoxy) is 1. The molecule has 0 rings (SSSR count). The third-order valence-electron chi connectivity index (χ3n) is 1.03. The molecule has 0 bridgehead atoms. The standard InChI is InChI=1S/C8H14N2O2/c1-5-7(4)12-8(11)10-9-6(2)3/h5H,1-4H3,(H,10,11)/b7-5-. The molecule has 68 valence electrons. The molecule has 0 saturated heterocycles. The maximum Gasteiger partial charge on any atom is 0.432 e. The van der Waals surface area contributed by atoms with E-state index in [-0.39, 0.29) is 0 Å². The molecule has 12 heavy (non-hydrogen) atoms. The third-order valence-corrected chi connectivity index (χ3v) is 1.03. The Morgan fingerprint density at radius 3 is 2.42 bits per heavy atom. The predicted octanol–water partition coefficient (Wildman–Crippen LogP) is 2.03. The van der Waals surface area contributed by atoms with Crippen LogP contribution in [0.25, 0.3) is 0 Å². The summed E-state index contributed by atoms with van der Waals surface area (Å²) < 4.78 is 4.75. The molecular formula is C8H14N2O2. The number of nitrogens with one attached hydrogen (secondary N) is 1. The van der Waals surface area contributed by atoms with E-state index in [0.29, 0.717) is 5.76 Å². The summed E-state index contributed by atoms with van der Waals surface area (Å²) in [5, 5.41) is 3.68. The van der Waals surface area contributed by atoms with Crippen LogP contribution < -0.4 is 5.43 Å². The normalized spacial score (nSPS) is 10.5. The number of nitrogens with zero attached hydrogens (tertiary/aromatic N) is 1. The quantitative estimate of drug-likeness (QED) is 0.391. The van der Waals surface area contributed by atoms with Crippen LogP contribution in [0.1, 0.15) is 27.7 Å². The average Bonchev–Trinajstić information content (AvgIpc) is 2.00. The molecule has 0 spiro atoms. The first kappa shape index (κ1) is 10.7. The van der Waals surface area contributed by atoms with Crippen molar-refractivity contribution in [3.05, 3.63) is 11.8 Å². The van der Waals surface area contributed by atoms with Crippen LogP contribution in [0.4, 0.5) is 4.79 Å². The SMILES string of the molecule is C/C=C(/C)OC(=O)NN=C(C)C. The molecule has 0 aliphatic heterocycles. The molecule has 0 aromatic carbocycles. The molecule has 0 fully saturated rings. The minimum atomic E-state index is -0.563. The topological polar surface area (TPSA) is 50.7 Å². The molecule has 0 aliphatic rings. The van der Waals surface area contributed by atoms with Gasteiger partial charge in [0.2, 0.25) is 0 Å². The number of hydrogen-bond acceptors (Lipinski definition) is 3. The fourth-order valence-electron chi connectivity index (χ4n) is 0.385. The van der Waals surface area contributed by atoms with Crippen molar-refractivity contribution < 1.29 is 9.53 Å². The van der Waals surface area contributed by atoms with E-state index in [2.05, 4.69) is 10.5 Å². The first-order valence-electron chi connectivity index (χ1n) is 3.68. The van der Waals surface area contributed by atoms with Crippen molar-refractivity contribution in [3.8, 4) is 0 Å². The van der Waals surface area contributed by atoms with Crippen molar-refractivity contribution in [3.63, 3.8) is 0 Å². The van der Waals surface area contributed by atoms with E-state index in [0.717, 1.165) is 5.71 Å². The summed E-state index contributed by atoms with van der Waals surface area (Å²) in [5.41, 5.74) is 3.00.